The van der Waals surface area contributed by atoms with Gasteiger partial charge in [-0.1, -0.05) is 60.7 Å². The Kier molecular flexibility index (Phi) is 6.85. The number of ketones is 1. The molecule has 0 bridgehead atoms. The van der Waals surface area contributed by atoms with E-state index in [2.05, 4.69) is 20.7 Å². The van der Waals surface area contributed by atoms with Crippen LogP contribution in [0.4, 0.5) is 4.39 Å². The highest BCUT2D eigenvalue weighted by Gasteiger charge is 2.32. The van der Waals surface area contributed by atoms with Crippen molar-refractivity contribution in [3.8, 4) is 17.1 Å². The van der Waals surface area contributed by atoms with Crippen molar-refractivity contribution < 1.29 is 18.8 Å². The number of aromatic nitrogens is 3. The van der Waals surface area contributed by atoms with Crippen LogP contribution in [0.1, 0.15) is 28.8 Å². The number of halogens is 1. The molecule has 2 amide bonds. The summed E-state index contributed by atoms with van der Waals surface area (Å²) >= 11 is 0. The van der Waals surface area contributed by atoms with Crippen LogP contribution < -0.4 is 10.6 Å². The molecule has 0 aliphatic heterocycles. The molecular weight excluding hydrogens is 473 g/mol. The Morgan fingerprint density at radius 2 is 1.68 bits per heavy atom. The maximum atomic E-state index is 14.8. The van der Waals surface area contributed by atoms with Crippen LogP contribution >= 0.6 is 0 Å². The second-order valence-electron chi connectivity index (χ2n) is 8.84. The maximum absolute atomic E-state index is 14.8. The summed E-state index contributed by atoms with van der Waals surface area (Å²) in [5.41, 5.74) is 1.56. The number of nitrogens with one attached hydrogen (secondary N) is 2. The summed E-state index contributed by atoms with van der Waals surface area (Å²) in [6, 6.07) is 19.9. The van der Waals surface area contributed by atoms with Crippen molar-refractivity contribution in [1.82, 2.24) is 25.4 Å². The number of carbonyl (C=O) groups excluding carboxylic acids is 3. The van der Waals surface area contributed by atoms with E-state index >= 15 is 0 Å². The van der Waals surface area contributed by atoms with E-state index in [-0.39, 0.29) is 29.5 Å². The van der Waals surface area contributed by atoms with Crippen molar-refractivity contribution in [1.29, 1.82) is 0 Å². The third-order valence-electron chi connectivity index (χ3n) is 6.01. The van der Waals surface area contributed by atoms with Gasteiger partial charge in [-0.3, -0.25) is 14.4 Å². The van der Waals surface area contributed by atoms with Gasteiger partial charge in [0.2, 0.25) is 5.78 Å². The van der Waals surface area contributed by atoms with Crippen LogP contribution in [0.15, 0.2) is 85.2 Å². The number of rotatable bonds is 9. The molecule has 0 spiro atoms. The molecule has 1 saturated carbocycles. The van der Waals surface area contributed by atoms with Crippen LogP contribution in [0.2, 0.25) is 0 Å². The van der Waals surface area contributed by atoms with Crippen LogP contribution in [0.5, 0.6) is 0 Å². The van der Waals surface area contributed by atoms with Gasteiger partial charge >= 0.3 is 0 Å². The van der Waals surface area contributed by atoms with Crippen LogP contribution in [0, 0.1) is 5.82 Å². The third kappa shape index (κ3) is 5.61. The molecule has 0 saturated heterocycles. The van der Waals surface area contributed by atoms with E-state index in [1.165, 1.54) is 16.9 Å². The Morgan fingerprint density at radius 3 is 2.38 bits per heavy atom. The van der Waals surface area contributed by atoms with Gasteiger partial charge in [0.05, 0.1) is 11.8 Å². The van der Waals surface area contributed by atoms with Crippen LogP contribution in [0.25, 0.3) is 17.1 Å². The minimum atomic E-state index is -1.10. The molecule has 5 rings (SSSR count). The van der Waals surface area contributed by atoms with Crippen molar-refractivity contribution >= 4 is 17.6 Å². The average molecular weight is 498 g/mol. The number of benzene rings is 2. The number of hydrogen-bond acceptors (Lipinski definition) is 5. The molecule has 37 heavy (non-hydrogen) atoms. The number of nitrogens with zero attached hydrogens (tertiary/aromatic N) is 3. The first-order valence-corrected chi connectivity index (χ1v) is 11.9. The molecule has 1 fully saturated rings. The number of carbonyl (C=O) groups is 3. The summed E-state index contributed by atoms with van der Waals surface area (Å²) in [6.45, 7) is 0. The smallest absolute Gasteiger partial charge is 0.289 e. The van der Waals surface area contributed by atoms with Gasteiger partial charge < -0.3 is 10.6 Å². The van der Waals surface area contributed by atoms with Gasteiger partial charge in [-0.2, -0.15) is 5.10 Å². The Hall–Kier alpha value is -4.66. The molecular formula is C28H24FN5O3. The minimum Gasteiger partial charge on any atom is -0.347 e. The highest BCUT2D eigenvalue weighted by Crippen LogP contribution is 2.23. The average Bonchev–Trinajstić information content (AvgIpc) is 3.66. The molecule has 2 aromatic carbocycles. The van der Waals surface area contributed by atoms with Crippen LogP contribution in [-0.2, 0) is 16.0 Å². The second-order valence-corrected chi connectivity index (χ2v) is 8.84. The molecule has 1 aliphatic rings. The third-order valence-corrected chi connectivity index (χ3v) is 6.01. The summed E-state index contributed by atoms with van der Waals surface area (Å²) in [6.07, 6.45) is 4.41. The van der Waals surface area contributed by atoms with Crippen molar-refractivity contribution in [2.75, 3.05) is 0 Å². The zero-order valence-electron chi connectivity index (χ0n) is 19.8. The van der Waals surface area contributed by atoms with Crippen LogP contribution in [0.3, 0.4) is 0 Å². The Bertz CT molecular complexity index is 1430. The maximum Gasteiger partial charge on any atom is 0.289 e. The predicted molar refractivity (Wildman–Crippen MR) is 134 cm³/mol. The highest BCUT2D eigenvalue weighted by molar-refractivity contribution is 6.38. The fourth-order valence-corrected chi connectivity index (χ4v) is 3.95. The summed E-state index contributed by atoms with van der Waals surface area (Å²) in [5.74, 6) is -2.57. The summed E-state index contributed by atoms with van der Waals surface area (Å²) in [4.78, 5) is 43.2. The van der Waals surface area contributed by atoms with Crippen molar-refractivity contribution in [2.24, 2.45) is 0 Å². The van der Waals surface area contributed by atoms with E-state index in [0.717, 1.165) is 24.6 Å². The fraction of sp³-hybridized carbons (Fsp3) is 0.179. The van der Waals surface area contributed by atoms with Gasteiger partial charge in [-0.25, -0.2) is 14.1 Å². The minimum absolute atomic E-state index is 0.00275. The largest absolute Gasteiger partial charge is 0.347 e. The fourth-order valence-electron chi connectivity index (χ4n) is 3.95. The number of Topliss-reactive ketones (excluding diaryl/α,β-unsaturated/α-hetero) is 1. The Balaban J connectivity index is 1.42. The topological polar surface area (TPSA) is 106 Å². The second kappa shape index (κ2) is 10.5. The Labute approximate surface area is 212 Å². The molecule has 9 heteroatoms. The zero-order valence-corrected chi connectivity index (χ0v) is 19.8. The molecule has 8 nitrogen and oxygen atoms in total. The predicted octanol–water partition coefficient (Wildman–Crippen LogP) is 3.26. The lowest BCUT2D eigenvalue weighted by molar-refractivity contribution is -0.139. The Morgan fingerprint density at radius 1 is 0.973 bits per heavy atom. The molecule has 0 unspecified atom stereocenters. The van der Waals surface area contributed by atoms with E-state index in [4.69, 9.17) is 0 Å². The molecule has 2 heterocycles. The first kappa shape index (κ1) is 24.1. The van der Waals surface area contributed by atoms with E-state index in [0.29, 0.717) is 5.56 Å². The van der Waals surface area contributed by atoms with Crippen LogP contribution in [-0.4, -0.2) is 44.4 Å². The van der Waals surface area contributed by atoms with Gasteiger partial charge in [0.15, 0.2) is 11.6 Å². The van der Waals surface area contributed by atoms with Gasteiger partial charge in [0, 0.05) is 24.2 Å². The van der Waals surface area contributed by atoms with Gasteiger partial charge in [-0.05, 0) is 30.5 Å². The number of pyridine rings is 1. The molecule has 4 aromatic rings. The normalized spacial score (nSPS) is 13.5. The van der Waals surface area contributed by atoms with Gasteiger partial charge in [-0.15, -0.1) is 0 Å². The number of hydrogen-bond donors (Lipinski definition) is 2. The first-order chi connectivity index (χ1) is 18.0. The van der Waals surface area contributed by atoms with Gasteiger partial charge in [0.1, 0.15) is 11.7 Å². The summed E-state index contributed by atoms with van der Waals surface area (Å²) in [7, 11) is 0. The quantitative estimate of drug-likeness (QED) is 0.345. The lowest BCUT2D eigenvalue weighted by Crippen LogP contribution is -2.49. The first-order valence-electron chi connectivity index (χ1n) is 11.9. The van der Waals surface area contributed by atoms with E-state index in [1.807, 2.05) is 36.4 Å². The molecule has 186 valence electrons. The standard InChI is InChI=1S/C28H24FN5O3/c29-22-17-34(33-24(22)19-10-5-2-6-11-19)26-21(12-7-15-30-26)27(36)32-23(16-18-8-3-1-4-9-18)25(35)28(37)31-20-13-14-20/h1-12,15,17,20,23H,13-14,16H2,(H,31,37)(H,32,36)/t23-/m1/s1. The SMILES string of the molecule is O=C(NC1CC1)C(=O)[C@@H](Cc1ccccc1)NC(=O)c1cccnc1-n1cc(F)c(-c2ccccc2)n1. The van der Waals surface area contributed by atoms with E-state index in [1.54, 1.807) is 30.3 Å². The molecule has 0 radical (unpaired) electrons. The van der Waals surface area contributed by atoms with Crippen molar-refractivity contribution in [3.05, 3.63) is 102 Å². The summed E-state index contributed by atoms with van der Waals surface area (Å²) < 4.78 is 16.0. The van der Waals surface area contributed by atoms with Crippen molar-refractivity contribution in [2.45, 2.75) is 31.3 Å². The molecule has 1 aliphatic carbocycles. The lowest BCUT2D eigenvalue weighted by Gasteiger charge is -2.18. The van der Waals surface area contributed by atoms with E-state index < -0.39 is 29.5 Å². The van der Waals surface area contributed by atoms with E-state index in [9.17, 15) is 18.8 Å². The zero-order chi connectivity index (χ0) is 25.8. The summed E-state index contributed by atoms with van der Waals surface area (Å²) in [5, 5.41) is 9.69. The number of amides is 2. The molecule has 2 N–H and O–H groups in total. The monoisotopic (exact) mass is 497 g/mol. The lowest BCUT2D eigenvalue weighted by atomic mass is 10.0. The highest BCUT2D eigenvalue weighted by atomic mass is 19.1. The van der Waals surface area contributed by atoms with Gasteiger partial charge in [0.25, 0.3) is 11.8 Å². The molecule has 2 aromatic heterocycles. The van der Waals surface area contributed by atoms with Crippen molar-refractivity contribution in [3.63, 3.8) is 0 Å². The molecule has 1 atom stereocenters.